The fourth-order valence-corrected chi connectivity index (χ4v) is 4.71. The van der Waals surface area contributed by atoms with Gasteiger partial charge in [-0.25, -0.2) is 4.98 Å². The molecule has 2 N–H and O–H groups in total. The Morgan fingerprint density at radius 1 is 1.30 bits per heavy atom. The number of aliphatic hydroxyl groups excluding tert-OH is 1. The number of benzene rings is 1. The number of amides is 1. The number of aryl methyl sites for hydroxylation is 1. The molecule has 0 radical (unpaired) electrons. The van der Waals surface area contributed by atoms with Gasteiger partial charge >= 0.3 is 6.18 Å². The first-order valence-corrected chi connectivity index (χ1v) is 10.2. The van der Waals surface area contributed by atoms with Gasteiger partial charge in [0, 0.05) is 24.1 Å². The fourth-order valence-electron chi connectivity index (χ4n) is 4.71. The molecule has 2 unspecified atom stereocenters. The van der Waals surface area contributed by atoms with E-state index in [1.54, 1.807) is 0 Å². The van der Waals surface area contributed by atoms with Crippen molar-refractivity contribution in [3.63, 3.8) is 0 Å². The van der Waals surface area contributed by atoms with Gasteiger partial charge in [-0.2, -0.15) is 18.3 Å². The van der Waals surface area contributed by atoms with E-state index in [1.165, 1.54) is 0 Å². The minimum Gasteiger partial charge on any atom is -0.376 e. The first kappa shape index (κ1) is 20.8. The van der Waals surface area contributed by atoms with Crippen molar-refractivity contribution in [1.82, 2.24) is 20.1 Å². The van der Waals surface area contributed by atoms with E-state index < -0.39 is 18.2 Å². The molecule has 1 aromatic carbocycles. The van der Waals surface area contributed by atoms with E-state index in [2.05, 4.69) is 10.2 Å². The molecular formula is C21H25F3N4O2. The summed E-state index contributed by atoms with van der Waals surface area (Å²) < 4.78 is 38.1. The van der Waals surface area contributed by atoms with E-state index in [0.717, 1.165) is 34.7 Å². The smallest absolute Gasteiger partial charge is 0.376 e. The Morgan fingerprint density at radius 3 is 2.53 bits per heavy atom. The summed E-state index contributed by atoms with van der Waals surface area (Å²) in [7, 11) is 0. The van der Waals surface area contributed by atoms with Gasteiger partial charge in [0.1, 0.15) is 5.82 Å². The van der Waals surface area contributed by atoms with Crippen LogP contribution in [-0.2, 0) is 10.2 Å². The van der Waals surface area contributed by atoms with Crippen LogP contribution in [0.5, 0.6) is 0 Å². The molecule has 1 saturated carbocycles. The third kappa shape index (κ3) is 3.71. The van der Waals surface area contributed by atoms with Crippen LogP contribution in [0.4, 0.5) is 13.2 Å². The van der Waals surface area contributed by atoms with Crippen LogP contribution < -0.4 is 0 Å². The van der Waals surface area contributed by atoms with Crippen molar-refractivity contribution in [2.24, 2.45) is 11.8 Å². The number of hydrogen-bond donors (Lipinski definition) is 2. The lowest BCUT2D eigenvalue weighted by atomic mass is 9.74. The predicted octanol–water partition coefficient (Wildman–Crippen LogP) is 3.22. The van der Waals surface area contributed by atoms with E-state index in [-0.39, 0.29) is 30.3 Å². The molecule has 2 aromatic rings. The molecule has 2 heterocycles. The number of alkyl halides is 3. The van der Waals surface area contributed by atoms with Crippen molar-refractivity contribution in [2.45, 2.75) is 50.8 Å². The van der Waals surface area contributed by atoms with Crippen molar-refractivity contribution in [2.75, 3.05) is 13.1 Å². The topological polar surface area (TPSA) is 82.1 Å². The number of hydrogen-bond acceptors (Lipinski definition) is 4. The molecule has 162 valence electrons. The van der Waals surface area contributed by atoms with Crippen molar-refractivity contribution >= 4 is 5.91 Å². The summed E-state index contributed by atoms with van der Waals surface area (Å²) in [6, 6.07) is 7.95. The third-order valence-electron chi connectivity index (χ3n) is 6.53. The number of H-pyrrole nitrogens is 1. The number of rotatable bonds is 4. The maximum atomic E-state index is 12.7. The van der Waals surface area contributed by atoms with E-state index in [4.69, 9.17) is 4.98 Å². The minimum absolute atomic E-state index is 0.0152. The molecule has 2 aliphatic rings. The normalized spacial score (nSPS) is 24.5. The highest BCUT2D eigenvalue weighted by Crippen LogP contribution is 2.57. The molecule has 0 spiro atoms. The zero-order valence-electron chi connectivity index (χ0n) is 16.9. The van der Waals surface area contributed by atoms with Gasteiger partial charge in [-0.3, -0.25) is 9.89 Å². The van der Waals surface area contributed by atoms with Gasteiger partial charge in [0.15, 0.2) is 5.82 Å². The number of nitrogens with zero attached hydrogens (tertiary/aromatic N) is 3. The lowest BCUT2D eigenvalue weighted by Crippen LogP contribution is -2.52. The fraction of sp³-hybridized carbons (Fsp3) is 0.571. The maximum Gasteiger partial charge on any atom is 0.423 e. The van der Waals surface area contributed by atoms with Crippen molar-refractivity contribution < 1.29 is 23.1 Å². The molecule has 30 heavy (non-hydrogen) atoms. The largest absolute Gasteiger partial charge is 0.423 e. The van der Waals surface area contributed by atoms with E-state index >= 15 is 0 Å². The Labute approximate surface area is 172 Å². The Kier molecular flexibility index (Phi) is 5.12. The summed E-state index contributed by atoms with van der Waals surface area (Å²) in [5, 5.41) is 16.8. The van der Waals surface area contributed by atoms with Crippen LogP contribution in [0.3, 0.4) is 0 Å². The van der Waals surface area contributed by atoms with E-state index in [1.807, 2.05) is 38.1 Å². The number of halogens is 3. The monoisotopic (exact) mass is 422 g/mol. The number of carbonyl (C=O) groups excluding carboxylic acids is 1. The highest BCUT2D eigenvalue weighted by atomic mass is 19.4. The second-order valence-corrected chi connectivity index (χ2v) is 8.63. The molecule has 1 aliphatic heterocycles. The van der Waals surface area contributed by atoms with Crippen LogP contribution in [0.2, 0.25) is 0 Å². The van der Waals surface area contributed by atoms with Crippen LogP contribution >= 0.6 is 0 Å². The zero-order valence-corrected chi connectivity index (χ0v) is 16.9. The first-order chi connectivity index (χ1) is 14.1. The summed E-state index contributed by atoms with van der Waals surface area (Å²) in [6.45, 7) is 4.35. The lowest BCUT2D eigenvalue weighted by Gasteiger charge is -2.41. The zero-order chi connectivity index (χ0) is 21.7. The standard InChI is InChI=1S/C21H25F3N4O2/c1-12-3-5-14(6-4-12)17-25-19(27-26-17)20(8-9-20)15-7-10-28(11-13(15)2)18(30)16(29)21(22,23)24/h3-6,13,15-16,29H,7-11H2,1-2H3,(H,25,26,27)/t13?,15?,16-/m1/s1. The molecule has 6 nitrogen and oxygen atoms in total. The molecular weight excluding hydrogens is 397 g/mol. The van der Waals surface area contributed by atoms with Gasteiger partial charge in [-0.1, -0.05) is 36.8 Å². The molecule has 1 saturated heterocycles. The number of aliphatic hydroxyl groups is 1. The Bertz CT molecular complexity index is 921. The Hall–Kier alpha value is -2.42. The van der Waals surface area contributed by atoms with Crippen LogP contribution in [0.15, 0.2) is 24.3 Å². The second-order valence-electron chi connectivity index (χ2n) is 8.63. The Balaban J connectivity index is 1.48. The number of nitrogens with one attached hydrogen (secondary N) is 1. The van der Waals surface area contributed by atoms with Gasteiger partial charge in [-0.15, -0.1) is 0 Å². The third-order valence-corrected chi connectivity index (χ3v) is 6.53. The van der Waals surface area contributed by atoms with Gasteiger partial charge in [0.2, 0.25) is 6.10 Å². The predicted molar refractivity (Wildman–Crippen MR) is 103 cm³/mol. The highest BCUT2D eigenvalue weighted by Gasteiger charge is 2.56. The molecule has 9 heteroatoms. The number of carbonyl (C=O) groups is 1. The van der Waals surface area contributed by atoms with E-state index in [9.17, 15) is 23.1 Å². The lowest BCUT2D eigenvalue weighted by molar-refractivity contribution is -0.211. The van der Waals surface area contributed by atoms with Gasteiger partial charge in [0.05, 0.1) is 0 Å². The molecule has 4 rings (SSSR count). The second kappa shape index (κ2) is 7.37. The quantitative estimate of drug-likeness (QED) is 0.793. The molecule has 0 bridgehead atoms. The Morgan fingerprint density at radius 2 is 1.97 bits per heavy atom. The summed E-state index contributed by atoms with van der Waals surface area (Å²) in [4.78, 5) is 17.9. The summed E-state index contributed by atoms with van der Waals surface area (Å²) in [6.07, 6.45) is -5.46. The van der Waals surface area contributed by atoms with Crippen LogP contribution in [0.25, 0.3) is 11.4 Å². The van der Waals surface area contributed by atoms with Crippen molar-refractivity contribution in [1.29, 1.82) is 0 Å². The van der Waals surface area contributed by atoms with Gasteiger partial charge in [-0.05, 0) is 38.0 Å². The molecule has 1 aromatic heterocycles. The number of aromatic nitrogens is 3. The van der Waals surface area contributed by atoms with Crippen molar-refractivity contribution in [3.8, 4) is 11.4 Å². The summed E-state index contributed by atoms with van der Waals surface area (Å²) in [5.74, 6) is 0.343. The van der Waals surface area contributed by atoms with Crippen LogP contribution in [-0.4, -0.2) is 56.5 Å². The summed E-state index contributed by atoms with van der Waals surface area (Å²) in [5.41, 5.74) is 1.90. The highest BCUT2D eigenvalue weighted by molar-refractivity contribution is 5.81. The minimum atomic E-state index is -4.94. The van der Waals surface area contributed by atoms with Crippen molar-refractivity contribution in [3.05, 3.63) is 35.7 Å². The van der Waals surface area contributed by atoms with Gasteiger partial charge < -0.3 is 10.0 Å². The average molecular weight is 422 g/mol. The molecule has 3 atom stereocenters. The van der Waals surface area contributed by atoms with Crippen LogP contribution in [0.1, 0.15) is 37.6 Å². The molecule has 2 fully saturated rings. The van der Waals surface area contributed by atoms with Crippen LogP contribution in [0, 0.1) is 18.8 Å². The number of aromatic amines is 1. The number of likely N-dealkylation sites (tertiary alicyclic amines) is 1. The average Bonchev–Trinajstić information content (AvgIpc) is 3.35. The SMILES string of the molecule is Cc1ccc(-c2n[nH]c(C3(C4CCN(C(=O)[C@@H](O)C(F)(F)F)CC4C)CC3)n2)cc1. The van der Waals surface area contributed by atoms with Gasteiger partial charge in [0.25, 0.3) is 5.91 Å². The molecule has 1 aliphatic carbocycles. The number of piperidine rings is 1. The van der Waals surface area contributed by atoms with E-state index in [0.29, 0.717) is 12.2 Å². The maximum absolute atomic E-state index is 12.7. The first-order valence-electron chi connectivity index (χ1n) is 10.2. The summed E-state index contributed by atoms with van der Waals surface area (Å²) >= 11 is 0. The molecule has 1 amide bonds.